The molecule has 0 aromatic heterocycles. The Balaban J connectivity index is 1.79. The molecule has 1 aromatic carbocycles. The zero-order valence-corrected chi connectivity index (χ0v) is 14.7. The molecule has 6 nitrogen and oxygen atoms in total. The Labute approximate surface area is 152 Å². The number of hydrogen-bond acceptors (Lipinski definition) is 4. The summed E-state index contributed by atoms with van der Waals surface area (Å²) >= 11 is 0. The molecule has 1 unspecified atom stereocenters. The monoisotopic (exact) mass is 364 g/mol. The number of aliphatic hydroxyl groups is 1. The van der Waals surface area contributed by atoms with Gasteiger partial charge in [0.05, 0.1) is 0 Å². The molecule has 1 amide bonds. The zero-order valence-electron chi connectivity index (χ0n) is 14.7. The summed E-state index contributed by atoms with van der Waals surface area (Å²) in [6.07, 6.45) is 3.21. The van der Waals surface area contributed by atoms with E-state index in [1.54, 1.807) is 17.0 Å². The lowest BCUT2D eigenvalue weighted by Gasteiger charge is -2.40. The number of benzene rings is 1. The van der Waals surface area contributed by atoms with Crippen LogP contribution in [0.5, 0.6) is 0 Å². The average molecular weight is 364 g/mol. The first-order valence-corrected chi connectivity index (χ1v) is 9.15. The summed E-state index contributed by atoms with van der Waals surface area (Å²) < 4.78 is 13.3. The topological polar surface area (TPSA) is 81.1 Å². The number of aliphatic carboxylic acids is 1. The number of carboxylic acids is 1. The van der Waals surface area contributed by atoms with Crippen LogP contribution in [0.4, 0.5) is 4.39 Å². The number of carbonyl (C=O) groups excluding carboxylic acids is 1. The molecule has 2 aliphatic heterocycles. The van der Waals surface area contributed by atoms with E-state index in [-0.39, 0.29) is 37.7 Å². The van der Waals surface area contributed by atoms with Crippen LogP contribution < -0.4 is 0 Å². The fourth-order valence-electron chi connectivity index (χ4n) is 3.82. The van der Waals surface area contributed by atoms with E-state index in [4.69, 9.17) is 5.11 Å². The number of halogens is 1. The maximum absolute atomic E-state index is 13.3. The molecule has 0 radical (unpaired) electrons. The average Bonchev–Trinajstić information content (AvgIpc) is 2.65. The molecule has 2 heterocycles. The quantitative estimate of drug-likeness (QED) is 0.851. The second-order valence-corrected chi connectivity index (χ2v) is 7.21. The van der Waals surface area contributed by atoms with Gasteiger partial charge in [0.2, 0.25) is 5.91 Å². The molecule has 2 saturated heterocycles. The van der Waals surface area contributed by atoms with Crippen LogP contribution in [0, 0.1) is 5.82 Å². The van der Waals surface area contributed by atoms with Crippen LogP contribution in [0.2, 0.25) is 0 Å². The smallest absolute Gasteiger partial charge is 0.335 e. The molecular formula is C19H25FN2O4. The van der Waals surface area contributed by atoms with Gasteiger partial charge in [-0.25, -0.2) is 9.18 Å². The van der Waals surface area contributed by atoms with Gasteiger partial charge in [0, 0.05) is 25.9 Å². The molecule has 0 saturated carbocycles. The third kappa shape index (κ3) is 3.88. The highest BCUT2D eigenvalue weighted by Crippen LogP contribution is 2.30. The number of rotatable bonds is 4. The Bertz CT molecular complexity index is 650. The summed E-state index contributed by atoms with van der Waals surface area (Å²) in [5.74, 6) is -1.69. The van der Waals surface area contributed by atoms with Crippen molar-refractivity contribution in [3.63, 3.8) is 0 Å². The van der Waals surface area contributed by atoms with Gasteiger partial charge in [0.15, 0.2) is 5.60 Å². The van der Waals surface area contributed by atoms with Crippen LogP contribution in [-0.4, -0.2) is 63.7 Å². The van der Waals surface area contributed by atoms with E-state index >= 15 is 0 Å². The maximum Gasteiger partial charge on any atom is 0.335 e. The van der Waals surface area contributed by atoms with E-state index in [2.05, 4.69) is 4.90 Å². The minimum absolute atomic E-state index is 0.0181. The summed E-state index contributed by atoms with van der Waals surface area (Å²) in [4.78, 5) is 28.2. The first-order chi connectivity index (χ1) is 12.4. The number of likely N-dealkylation sites (tertiary alicyclic amines) is 2. The number of carbonyl (C=O) groups is 2. The van der Waals surface area contributed by atoms with E-state index in [0.717, 1.165) is 37.9 Å². The van der Waals surface area contributed by atoms with E-state index in [1.165, 1.54) is 12.1 Å². The van der Waals surface area contributed by atoms with E-state index < -0.39 is 17.6 Å². The normalized spacial score (nSPS) is 22.0. The Hall–Kier alpha value is -1.99. The highest BCUT2D eigenvalue weighted by molar-refractivity contribution is 5.84. The van der Waals surface area contributed by atoms with E-state index in [9.17, 15) is 19.1 Å². The maximum atomic E-state index is 13.3. The molecule has 1 aromatic rings. The van der Waals surface area contributed by atoms with Gasteiger partial charge in [0.25, 0.3) is 0 Å². The van der Waals surface area contributed by atoms with E-state index in [0.29, 0.717) is 0 Å². The standard InChI is InChI=1S/C19H25FN2O4/c20-15-6-4-14(5-7-15)16(21-10-2-1-3-11-21)17(23)22-12-8-19(26,9-13-22)18(24)25/h4-7,16,26H,1-3,8-13H2,(H,24,25). The van der Waals surface area contributed by atoms with Crippen LogP contribution in [0.1, 0.15) is 43.7 Å². The molecule has 0 spiro atoms. The number of nitrogens with zero attached hydrogens (tertiary/aromatic N) is 2. The number of carboxylic acid groups (broad SMARTS) is 1. The van der Waals surface area contributed by atoms with Crippen molar-refractivity contribution in [2.75, 3.05) is 26.2 Å². The van der Waals surface area contributed by atoms with Crippen molar-refractivity contribution >= 4 is 11.9 Å². The minimum Gasteiger partial charge on any atom is -0.479 e. The molecule has 7 heteroatoms. The molecule has 1 atom stereocenters. The van der Waals surface area contributed by atoms with Gasteiger partial charge in [-0.15, -0.1) is 0 Å². The summed E-state index contributed by atoms with van der Waals surface area (Å²) in [7, 11) is 0. The predicted octanol–water partition coefficient (Wildman–Crippen LogP) is 1.79. The van der Waals surface area contributed by atoms with Crippen molar-refractivity contribution in [1.82, 2.24) is 9.80 Å². The Kier molecular flexibility index (Phi) is 5.58. The molecule has 2 N–H and O–H groups in total. The number of hydrogen-bond donors (Lipinski definition) is 2. The fraction of sp³-hybridized carbons (Fsp3) is 0.579. The molecule has 0 aliphatic carbocycles. The van der Waals surface area contributed by atoms with E-state index in [1.807, 2.05) is 0 Å². The number of piperidine rings is 2. The van der Waals surface area contributed by atoms with Crippen molar-refractivity contribution in [2.24, 2.45) is 0 Å². The predicted molar refractivity (Wildman–Crippen MR) is 93.0 cm³/mol. The van der Waals surface area contributed by atoms with Crippen LogP contribution in [0.25, 0.3) is 0 Å². The molecule has 2 aliphatic rings. The van der Waals surface area contributed by atoms with Gasteiger partial charge in [-0.3, -0.25) is 9.69 Å². The first kappa shape index (κ1) is 18.8. The molecule has 142 valence electrons. The first-order valence-electron chi connectivity index (χ1n) is 9.15. The van der Waals surface area contributed by atoms with Crippen LogP contribution in [0.15, 0.2) is 24.3 Å². The van der Waals surface area contributed by atoms with Crippen LogP contribution >= 0.6 is 0 Å². The third-order valence-electron chi connectivity index (χ3n) is 5.48. The molecular weight excluding hydrogens is 339 g/mol. The largest absolute Gasteiger partial charge is 0.479 e. The summed E-state index contributed by atoms with van der Waals surface area (Å²) in [6, 6.07) is 5.51. The van der Waals surface area contributed by atoms with Gasteiger partial charge in [-0.2, -0.15) is 0 Å². The second kappa shape index (κ2) is 7.72. The summed E-state index contributed by atoms with van der Waals surface area (Å²) in [6.45, 7) is 2.02. The highest BCUT2D eigenvalue weighted by Gasteiger charge is 2.42. The molecule has 2 fully saturated rings. The summed E-state index contributed by atoms with van der Waals surface area (Å²) in [5.41, 5.74) is -1.01. The fourth-order valence-corrected chi connectivity index (χ4v) is 3.82. The van der Waals surface area contributed by atoms with Gasteiger partial charge < -0.3 is 15.1 Å². The Morgan fingerprint density at radius 1 is 1.00 bits per heavy atom. The van der Waals surface area contributed by atoms with Crippen molar-refractivity contribution in [3.05, 3.63) is 35.6 Å². The van der Waals surface area contributed by atoms with Crippen molar-refractivity contribution in [3.8, 4) is 0 Å². The molecule has 26 heavy (non-hydrogen) atoms. The highest BCUT2D eigenvalue weighted by atomic mass is 19.1. The lowest BCUT2D eigenvalue weighted by molar-refractivity contribution is -0.166. The lowest BCUT2D eigenvalue weighted by Crippen LogP contribution is -2.53. The SMILES string of the molecule is O=C(C(c1ccc(F)cc1)N1CCCCC1)N1CCC(O)(C(=O)O)CC1. The Morgan fingerprint density at radius 3 is 2.12 bits per heavy atom. The van der Waals surface area contributed by atoms with Gasteiger partial charge in [-0.05, 0) is 43.6 Å². The van der Waals surface area contributed by atoms with Crippen molar-refractivity contribution in [2.45, 2.75) is 43.7 Å². The van der Waals surface area contributed by atoms with Gasteiger partial charge >= 0.3 is 5.97 Å². The third-order valence-corrected chi connectivity index (χ3v) is 5.48. The van der Waals surface area contributed by atoms with Crippen LogP contribution in [-0.2, 0) is 9.59 Å². The summed E-state index contributed by atoms with van der Waals surface area (Å²) in [5, 5.41) is 19.2. The minimum atomic E-state index is -1.76. The zero-order chi connectivity index (χ0) is 18.7. The van der Waals surface area contributed by atoms with Crippen molar-refractivity contribution in [1.29, 1.82) is 0 Å². The second-order valence-electron chi connectivity index (χ2n) is 7.21. The van der Waals surface area contributed by atoms with Gasteiger partial charge in [-0.1, -0.05) is 18.6 Å². The lowest BCUT2D eigenvalue weighted by atomic mass is 9.90. The number of amides is 1. The van der Waals surface area contributed by atoms with Crippen molar-refractivity contribution < 1.29 is 24.2 Å². The molecule has 3 rings (SSSR count). The molecule has 0 bridgehead atoms. The van der Waals surface area contributed by atoms with Crippen LogP contribution in [0.3, 0.4) is 0 Å². The van der Waals surface area contributed by atoms with Gasteiger partial charge in [0.1, 0.15) is 11.9 Å². The Morgan fingerprint density at radius 2 is 1.58 bits per heavy atom.